The van der Waals surface area contributed by atoms with Crippen molar-refractivity contribution in [3.05, 3.63) is 30.3 Å². The highest BCUT2D eigenvalue weighted by atomic mass is 32.2. The van der Waals surface area contributed by atoms with Gasteiger partial charge in [0.25, 0.3) is 0 Å². The molecular weight excluding hydrogens is 366 g/mol. The van der Waals surface area contributed by atoms with Crippen LogP contribution in [0.1, 0.15) is 19.8 Å². The van der Waals surface area contributed by atoms with E-state index in [1.165, 1.54) is 30.3 Å². The molecule has 1 aromatic heterocycles. The Morgan fingerprint density at radius 3 is 2.62 bits per heavy atom. The fourth-order valence-electron chi connectivity index (χ4n) is 3.00. The summed E-state index contributed by atoms with van der Waals surface area (Å²) >= 11 is 3.05. The molecule has 1 N–H and O–H groups in total. The smallest absolute Gasteiger partial charge is 0.235 e. The van der Waals surface area contributed by atoms with Crippen molar-refractivity contribution in [2.75, 3.05) is 36.4 Å². The summed E-state index contributed by atoms with van der Waals surface area (Å²) in [5.41, 5.74) is 1.23. The Hall–Kier alpha value is -1.80. The minimum atomic E-state index is -0.139. The van der Waals surface area contributed by atoms with Gasteiger partial charge in [-0.2, -0.15) is 0 Å². The lowest BCUT2D eigenvalue weighted by Crippen LogP contribution is -2.50. The Balaban J connectivity index is 1.28. The Kier molecular flexibility index (Phi) is 5.31. The second-order valence-electron chi connectivity index (χ2n) is 6.70. The van der Waals surface area contributed by atoms with Crippen molar-refractivity contribution < 1.29 is 4.79 Å². The number of hydrogen-bond donors (Lipinski definition) is 1. The van der Waals surface area contributed by atoms with Gasteiger partial charge in [-0.1, -0.05) is 41.3 Å². The minimum absolute atomic E-state index is 0.139. The zero-order valence-corrected chi connectivity index (χ0v) is 16.4. The highest BCUT2D eigenvalue weighted by Gasteiger charge is 2.27. The van der Waals surface area contributed by atoms with E-state index >= 15 is 0 Å². The van der Waals surface area contributed by atoms with Gasteiger partial charge in [0.2, 0.25) is 11.0 Å². The number of thioether (sulfide) groups is 1. The van der Waals surface area contributed by atoms with Crippen LogP contribution in [0.3, 0.4) is 0 Å². The number of para-hydroxylation sites is 1. The van der Waals surface area contributed by atoms with E-state index in [9.17, 15) is 4.79 Å². The van der Waals surface area contributed by atoms with E-state index in [4.69, 9.17) is 0 Å². The summed E-state index contributed by atoms with van der Waals surface area (Å²) in [6.07, 6.45) is 2.43. The average Bonchev–Trinajstić information content (AvgIpc) is 3.39. The van der Waals surface area contributed by atoms with Crippen LogP contribution in [0.25, 0.3) is 0 Å². The number of amides is 1. The van der Waals surface area contributed by atoms with E-state index in [2.05, 4.69) is 44.7 Å². The van der Waals surface area contributed by atoms with Gasteiger partial charge >= 0.3 is 0 Å². The first-order valence-electron chi connectivity index (χ1n) is 9.04. The van der Waals surface area contributed by atoms with Crippen molar-refractivity contribution in [1.82, 2.24) is 15.1 Å². The number of carbonyl (C=O) groups excluding carboxylic acids is 1. The largest absolute Gasteiger partial charge is 0.368 e. The van der Waals surface area contributed by atoms with Crippen LogP contribution < -0.4 is 10.2 Å². The fraction of sp³-hybridized carbons (Fsp3) is 0.500. The maximum atomic E-state index is 12.8. The summed E-state index contributed by atoms with van der Waals surface area (Å²) < 4.78 is 0.858. The standard InChI is InChI=1S/C18H23N5OS2/c1-13(25-18-21-20-17(26-18)19-14-7-8-14)16(24)23-11-9-22(10-12-23)15-5-3-2-4-6-15/h2-6,13-14H,7-12H2,1H3,(H,19,20). The van der Waals surface area contributed by atoms with Crippen LogP contribution in [0, 0.1) is 0 Å². The number of benzene rings is 1. The van der Waals surface area contributed by atoms with Crippen molar-refractivity contribution in [3.63, 3.8) is 0 Å². The van der Waals surface area contributed by atoms with Gasteiger partial charge in [0.05, 0.1) is 5.25 Å². The molecule has 1 saturated carbocycles. The Morgan fingerprint density at radius 1 is 1.19 bits per heavy atom. The molecule has 1 amide bonds. The maximum Gasteiger partial charge on any atom is 0.235 e. The van der Waals surface area contributed by atoms with Crippen LogP contribution in [0.5, 0.6) is 0 Å². The van der Waals surface area contributed by atoms with Gasteiger partial charge in [0.1, 0.15) is 0 Å². The molecule has 4 rings (SSSR count). The third-order valence-corrected chi connectivity index (χ3v) is 6.68. The van der Waals surface area contributed by atoms with E-state index in [1.54, 1.807) is 11.3 Å². The van der Waals surface area contributed by atoms with Gasteiger partial charge in [0.15, 0.2) is 4.34 Å². The molecule has 1 aliphatic carbocycles. The second kappa shape index (κ2) is 7.84. The molecule has 2 fully saturated rings. The molecule has 26 heavy (non-hydrogen) atoms. The lowest BCUT2D eigenvalue weighted by molar-refractivity contribution is -0.130. The Bertz CT molecular complexity index is 741. The van der Waals surface area contributed by atoms with E-state index in [-0.39, 0.29) is 11.2 Å². The molecule has 2 aromatic rings. The van der Waals surface area contributed by atoms with Gasteiger partial charge in [-0.3, -0.25) is 4.79 Å². The molecule has 1 aliphatic heterocycles. The summed E-state index contributed by atoms with van der Waals surface area (Å²) in [7, 11) is 0. The first-order chi connectivity index (χ1) is 12.7. The first-order valence-corrected chi connectivity index (χ1v) is 10.7. The van der Waals surface area contributed by atoms with Gasteiger partial charge < -0.3 is 15.1 Å². The molecule has 6 nitrogen and oxygen atoms in total. The van der Waals surface area contributed by atoms with E-state index in [1.807, 2.05) is 17.9 Å². The predicted molar refractivity (Wildman–Crippen MR) is 107 cm³/mol. The lowest BCUT2D eigenvalue weighted by atomic mass is 10.2. The molecule has 1 aromatic carbocycles. The van der Waals surface area contributed by atoms with E-state index < -0.39 is 0 Å². The van der Waals surface area contributed by atoms with Gasteiger partial charge in [0, 0.05) is 37.9 Å². The molecule has 0 bridgehead atoms. The van der Waals surface area contributed by atoms with Crippen molar-refractivity contribution in [1.29, 1.82) is 0 Å². The Morgan fingerprint density at radius 2 is 1.92 bits per heavy atom. The van der Waals surface area contributed by atoms with Crippen LogP contribution in [0.2, 0.25) is 0 Å². The maximum absolute atomic E-state index is 12.8. The third-order valence-electron chi connectivity index (χ3n) is 4.65. The van der Waals surface area contributed by atoms with Crippen molar-refractivity contribution in [2.45, 2.75) is 35.4 Å². The molecule has 138 valence electrons. The molecule has 0 spiro atoms. The number of aromatic nitrogens is 2. The summed E-state index contributed by atoms with van der Waals surface area (Å²) in [5, 5.41) is 12.5. The number of piperazine rings is 1. The van der Waals surface area contributed by atoms with Crippen LogP contribution in [-0.2, 0) is 4.79 Å². The summed E-state index contributed by atoms with van der Waals surface area (Å²) in [6, 6.07) is 11.0. The number of hydrogen-bond acceptors (Lipinski definition) is 7. The summed E-state index contributed by atoms with van der Waals surface area (Å²) in [6.45, 7) is 5.25. The predicted octanol–water partition coefficient (Wildman–Crippen LogP) is 2.94. The summed E-state index contributed by atoms with van der Waals surface area (Å²) in [5.74, 6) is 0.189. The second-order valence-corrected chi connectivity index (χ2v) is 9.27. The molecular formula is C18H23N5OS2. The van der Waals surface area contributed by atoms with Crippen molar-refractivity contribution in [2.24, 2.45) is 0 Å². The number of nitrogens with one attached hydrogen (secondary N) is 1. The molecule has 1 unspecified atom stereocenters. The number of anilines is 2. The van der Waals surface area contributed by atoms with E-state index in [0.717, 1.165) is 35.7 Å². The van der Waals surface area contributed by atoms with Crippen LogP contribution >= 0.6 is 23.1 Å². The van der Waals surface area contributed by atoms with E-state index in [0.29, 0.717) is 6.04 Å². The fourth-order valence-corrected chi connectivity index (χ4v) is 5.06. The topological polar surface area (TPSA) is 61.4 Å². The van der Waals surface area contributed by atoms with Crippen molar-refractivity contribution >= 4 is 39.8 Å². The van der Waals surface area contributed by atoms with Crippen LogP contribution in [0.4, 0.5) is 10.8 Å². The van der Waals surface area contributed by atoms with Gasteiger partial charge in [-0.15, -0.1) is 10.2 Å². The molecule has 0 radical (unpaired) electrons. The SMILES string of the molecule is CC(Sc1nnc(NC2CC2)s1)C(=O)N1CCN(c2ccccc2)CC1. The first kappa shape index (κ1) is 17.6. The number of carbonyl (C=O) groups is 1. The van der Waals surface area contributed by atoms with Gasteiger partial charge in [-0.05, 0) is 31.9 Å². The van der Waals surface area contributed by atoms with Gasteiger partial charge in [-0.25, -0.2) is 0 Å². The van der Waals surface area contributed by atoms with Crippen LogP contribution in [0.15, 0.2) is 34.7 Å². The molecule has 8 heteroatoms. The third kappa shape index (κ3) is 4.29. The highest BCUT2D eigenvalue weighted by molar-refractivity contribution is 8.02. The minimum Gasteiger partial charge on any atom is -0.368 e. The Labute approximate surface area is 162 Å². The normalized spacial score (nSPS) is 18.7. The number of rotatable bonds is 6. The molecule has 1 saturated heterocycles. The quantitative estimate of drug-likeness (QED) is 0.767. The molecule has 1 atom stereocenters. The number of nitrogens with zero attached hydrogens (tertiary/aromatic N) is 4. The van der Waals surface area contributed by atoms with Crippen LogP contribution in [-0.4, -0.2) is 58.5 Å². The molecule has 2 aliphatic rings. The molecule has 2 heterocycles. The zero-order chi connectivity index (χ0) is 17.9. The average molecular weight is 390 g/mol. The van der Waals surface area contributed by atoms with Crippen molar-refractivity contribution in [3.8, 4) is 0 Å². The zero-order valence-electron chi connectivity index (χ0n) is 14.8. The lowest BCUT2D eigenvalue weighted by Gasteiger charge is -2.37. The summed E-state index contributed by atoms with van der Waals surface area (Å²) in [4.78, 5) is 17.1. The highest BCUT2D eigenvalue weighted by Crippen LogP contribution is 2.32. The monoisotopic (exact) mass is 389 g/mol.